The average Bonchev–Trinajstić information content (AvgIpc) is 3.08. The average molecular weight is 532 g/mol. The molecule has 7 unspecified atom stereocenters. The molecule has 4 rings (SSSR count). The molecule has 0 aromatic carbocycles. The van der Waals surface area contributed by atoms with E-state index in [2.05, 4.69) is 58.9 Å². The van der Waals surface area contributed by atoms with Crippen LogP contribution in [-0.4, -0.2) is 60.5 Å². The second kappa shape index (κ2) is 10.4. The Morgan fingerprint density at radius 2 is 1.79 bits per heavy atom. The molecule has 0 aromatic rings. The fourth-order valence-corrected chi connectivity index (χ4v) is 10.3. The molecule has 11 atom stereocenters. The molecule has 38 heavy (non-hydrogen) atoms. The number of carbonyl (C=O) groups is 2. The summed E-state index contributed by atoms with van der Waals surface area (Å²) in [5.74, 6) is 1.49. The molecule has 0 aromatic heterocycles. The summed E-state index contributed by atoms with van der Waals surface area (Å²) in [6, 6.07) is 0.296. The van der Waals surface area contributed by atoms with Crippen LogP contribution in [0.25, 0.3) is 0 Å². The molecule has 6 nitrogen and oxygen atoms in total. The smallest absolute Gasteiger partial charge is 0.223 e. The number of aliphatic hydroxyl groups excluding tert-OH is 1. The summed E-state index contributed by atoms with van der Waals surface area (Å²) in [6.45, 7) is 13.9. The normalized spacial score (nSPS) is 46.8. The number of hydrogen-bond donors (Lipinski definition) is 3. The number of nitrogens with two attached hydrogens (primary N) is 1. The van der Waals surface area contributed by atoms with Crippen molar-refractivity contribution in [1.82, 2.24) is 10.2 Å². The zero-order chi connectivity index (χ0) is 28.3. The van der Waals surface area contributed by atoms with E-state index in [1.165, 1.54) is 0 Å². The lowest BCUT2D eigenvalue weighted by atomic mass is 9.43. The molecule has 4 aliphatic rings. The SMILES string of the molecule is CCC(C)C(=O)NC1CCC23CCC(=O)CC4(C)C([C@H](C)N(C)C)[C@H](O)C[C@@]4(C)C(CCC2[C@]1(C)CN)C3. The summed E-state index contributed by atoms with van der Waals surface area (Å²) in [4.78, 5) is 28.9. The van der Waals surface area contributed by atoms with Gasteiger partial charge >= 0.3 is 0 Å². The number of nitrogens with one attached hydrogen (secondary N) is 1. The summed E-state index contributed by atoms with van der Waals surface area (Å²) in [6.07, 6.45) is 8.69. The zero-order valence-corrected chi connectivity index (χ0v) is 25.6. The van der Waals surface area contributed by atoms with Crippen LogP contribution in [0.4, 0.5) is 0 Å². The van der Waals surface area contributed by atoms with E-state index < -0.39 is 0 Å². The zero-order valence-electron chi connectivity index (χ0n) is 25.6. The molecule has 218 valence electrons. The summed E-state index contributed by atoms with van der Waals surface area (Å²) >= 11 is 0. The Morgan fingerprint density at radius 3 is 2.39 bits per heavy atom. The number of rotatable bonds is 6. The van der Waals surface area contributed by atoms with Gasteiger partial charge in [0.1, 0.15) is 5.78 Å². The van der Waals surface area contributed by atoms with Crippen LogP contribution in [-0.2, 0) is 9.59 Å². The van der Waals surface area contributed by atoms with Gasteiger partial charge in [0.05, 0.1) is 6.10 Å². The van der Waals surface area contributed by atoms with Gasteiger partial charge < -0.3 is 21.1 Å². The Bertz CT molecular complexity index is 908. The number of Topliss-reactive ketones (excluding diaryl/α,β-unsaturated/α-hetero) is 1. The summed E-state index contributed by atoms with van der Waals surface area (Å²) < 4.78 is 0. The third-order valence-electron chi connectivity index (χ3n) is 13.3. The maximum absolute atomic E-state index is 13.8. The van der Waals surface area contributed by atoms with Crippen LogP contribution in [0.15, 0.2) is 0 Å². The van der Waals surface area contributed by atoms with Gasteiger partial charge in [-0.1, -0.05) is 34.6 Å². The molecule has 0 aliphatic heterocycles. The highest BCUT2D eigenvalue weighted by atomic mass is 16.3. The molecule has 2 bridgehead atoms. The van der Waals surface area contributed by atoms with Crippen LogP contribution in [0.1, 0.15) is 106 Å². The van der Waals surface area contributed by atoms with Crippen LogP contribution >= 0.6 is 0 Å². The lowest BCUT2D eigenvalue weighted by molar-refractivity contribution is -0.137. The third-order valence-corrected chi connectivity index (χ3v) is 13.3. The number of nitrogens with zero attached hydrogens (tertiary/aromatic N) is 1. The number of amides is 1. The van der Waals surface area contributed by atoms with Gasteiger partial charge in [0.2, 0.25) is 5.91 Å². The molecule has 4 aliphatic carbocycles. The fourth-order valence-electron chi connectivity index (χ4n) is 10.3. The van der Waals surface area contributed by atoms with E-state index in [1.54, 1.807) is 0 Å². The minimum atomic E-state index is -0.385. The van der Waals surface area contributed by atoms with Crippen LogP contribution in [0.3, 0.4) is 0 Å². The Hall–Kier alpha value is -0.980. The second-order valence-corrected chi connectivity index (χ2v) is 15.1. The molecule has 0 saturated heterocycles. The summed E-state index contributed by atoms with van der Waals surface area (Å²) in [5, 5.41) is 15.0. The van der Waals surface area contributed by atoms with Crippen molar-refractivity contribution in [2.75, 3.05) is 20.6 Å². The quantitative estimate of drug-likeness (QED) is 0.459. The molecule has 0 radical (unpaired) electrons. The molecular weight excluding hydrogens is 474 g/mol. The van der Waals surface area contributed by atoms with Crippen LogP contribution in [0.2, 0.25) is 0 Å². The highest BCUT2D eigenvalue weighted by Crippen LogP contribution is 2.70. The van der Waals surface area contributed by atoms with Gasteiger partial charge in [0.25, 0.3) is 0 Å². The van der Waals surface area contributed by atoms with Gasteiger partial charge in [-0.3, -0.25) is 9.59 Å². The number of ketones is 1. The van der Waals surface area contributed by atoms with Crippen molar-refractivity contribution < 1.29 is 14.7 Å². The van der Waals surface area contributed by atoms with Crippen molar-refractivity contribution in [2.45, 2.75) is 124 Å². The van der Waals surface area contributed by atoms with Crippen LogP contribution < -0.4 is 11.1 Å². The van der Waals surface area contributed by atoms with Crippen LogP contribution in [0, 0.1) is 45.3 Å². The Morgan fingerprint density at radius 1 is 1.11 bits per heavy atom. The number of hydrogen-bond acceptors (Lipinski definition) is 5. The van der Waals surface area contributed by atoms with E-state index in [0.29, 0.717) is 37.0 Å². The van der Waals surface area contributed by atoms with E-state index >= 15 is 0 Å². The van der Waals surface area contributed by atoms with Gasteiger partial charge in [-0.05, 0) is 107 Å². The molecule has 1 spiro atoms. The lowest BCUT2D eigenvalue weighted by Gasteiger charge is -2.62. The van der Waals surface area contributed by atoms with E-state index in [0.717, 1.165) is 51.4 Å². The largest absolute Gasteiger partial charge is 0.393 e. The monoisotopic (exact) mass is 531 g/mol. The van der Waals surface area contributed by atoms with Gasteiger partial charge in [-0.15, -0.1) is 0 Å². The van der Waals surface area contributed by atoms with Gasteiger partial charge in [0.15, 0.2) is 0 Å². The van der Waals surface area contributed by atoms with Crippen molar-refractivity contribution in [1.29, 1.82) is 0 Å². The van der Waals surface area contributed by atoms with Crippen molar-refractivity contribution in [3.63, 3.8) is 0 Å². The molecular formula is C32H57N3O3. The second-order valence-electron chi connectivity index (χ2n) is 15.1. The number of fused-ring (bicyclic) bond motifs is 3. The molecule has 0 heterocycles. The minimum Gasteiger partial charge on any atom is -0.393 e. The van der Waals surface area contributed by atoms with E-state index in [-0.39, 0.29) is 57.6 Å². The topological polar surface area (TPSA) is 95.7 Å². The van der Waals surface area contributed by atoms with Gasteiger partial charge in [0, 0.05) is 42.2 Å². The van der Waals surface area contributed by atoms with Crippen molar-refractivity contribution in [3.05, 3.63) is 0 Å². The van der Waals surface area contributed by atoms with Gasteiger partial charge in [-0.2, -0.15) is 0 Å². The minimum absolute atomic E-state index is 0.00935. The van der Waals surface area contributed by atoms with Crippen molar-refractivity contribution >= 4 is 11.7 Å². The molecule has 1 amide bonds. The number of carbonyl (C=O) groups excluding carboxylic acids is 2. The first-order chi connectivity index (χ1) is 17.7. The predicted octanol–water partition coefficient (Wildman–Crippen LogP) is 4.78. The van der Waals surface area contributed by atoms with Crippen molar-refractivity contribution in [3.8, 4) is 0 Å². The lowest BCUT2D eigenvalue weighted by Crippen LogP contribution is -2.63. The highest BCUT2D eigenvalue weighted by molar-refractivity contribution is 5.80. The van der Waals surface area contributed by atoms with E-state index in [4.69, 9.17) is 5.73 Å². The maximum atomic E-state index is 13.8. The van der Waals surface area contributed by atoms with E-state index in [1.807, 2.05) is 6.92 Å². The third kappa shape index (κ3) is 4.49. The number of aliphatic hydroxyl groups is 1. The Labute approximate surface area is 232 Å². The van der Waals surface area contributed by atoms with Crippen molar-refractivity contribution in [2.24, 2.45) is 51.1 Å². The Kier molecular flexibility index (Phi) is 8.25. The highest BCUT2D eigenvalue weighted by Gasteiger charge is 2.67. The summed E-state index contributed by atoms with van der Waals surface area (Å²) in [5.41, 5.74) is 6.18. The standard InChI is InChI=1S/C32H57N3O3/c1-9-20(2)28(38)34-26-13-15-32-14-12-23(36)17-31(6)27(21(3)35(7)8)24(37)18-30(31,5)22(16-32)10-11-25(32)29(26,4)19-33/h20-22,24-27,37H,9-19,33H2,1-8H3,(H,34,38)/t20?,21-,22?,24+,25?,26?,27?,29-,30-,31?,32?/m0/s1. The van der Waals surface area contributed by atoms with Crippen LogP contribution in [0.5, 0.6) is 0 Å². The first-order valence-electron chi connectivity index (χ1n) is 15.6. The van der Waals surface area contributed by atoms with E-state index in [9.17, 15) is 14.7 Å². The molecule has 4 N–H and O–H groups in total. The summed E-state index contributed by atoms with van der Waals surface area (Å²) in [7, 11) is 4.19. The van der Waals surface area contributed by atoms with Gasteiger partial charge in [-0.25, -0.2) is 0 Å². The molecule has 6 heteroatoms. The molecule has 4 fully saturated rings. The fraction of sp³-hybridized carbons (Fsp3) is 0.938. The first kappa shape index (κ1) is 30.0. The predicted molar refractivity (Wildman–Crippen MR) is 153 cm³/mol. The molecule has 4 saturated carbocycles. The first-order valence-corrected chi connectivity index (χ1v) is 15.6. The Balaban J connectivity index is 1.70. The maximum Gasteiger partial charge on any atom is 0.223 e.